The highest BCUT2D eigenvalue weighted by molar-refractivity contribution is 9.10. The Morgan fingerprint density at radius 3 is 2.48 bits per heavy atom. The van der Waals surface area contributed by atoms with Crippen LogP contribution in [-0.2, 0) is 14.8 Å². The molecule has 0 saturated carbocycles. The van der Waals surface area contributed by atoms with Crippen LogP contribution in [0.3, 0.4) is 0 Å². The molecule has 2 aromatic rings. The van der Waals surface area contributed by atoms with E-state index in [0.717, 1.165) is 14.2 Å². The number of carbonyl (C=O) groups is 1. The Labute approximate surface area is 135 Å². The Morgan fingerprint density at radius 1 is 1.14 bits per heavy atom. The molecule has 5 nitrogen and oxygen atoms in total. The van der Waals surface area contributed by atoms with Crippen LogP contribution < -0.4 is 5.32 Å². The number of fused-ring (bicyclic) bond motifs is 1. The minimum Gasteiger partial charge on any atom is -0.301 e. The molecule has 0 radical (unpaired) electrons. The summed E-state index contributed by atoms with van der Waals surface area (Å²) in [5, 5.41) is 3.60. The third kappa shape index (κ3) is 2.33. The lowest BCUT2D eigenvalue weighted by Gasteiger charge is -2.17. The number of amides is 1. The Hall–Kier alpha value is -1.51. The van der Waals surface area contributed by atoms with Crippen molar-refractivity contribution in [2.45, 2.75) is 4.90 Å². The van der Waals surface area contributed by atoms with Crippen molar-refractivity contribution in [1.29, 1.82) is 0 Å². The first-order valence-electron chi connectivity index (χ1n) is 5.95. The maximum Gasteiger partial charge on any atom is 0.267 e. The number of carbonyl (C=O) groups excluding carboxylic acids is 1. The zero-order chi connectivity index (χ0) is 15.2. The van der Waals surface area contributed by atoms with Crippen LogP contribution in [-0.4, -0.2) is 30.3 Å². The first-order valence-corrected chi connectivity index (χ1v) is 8.59. The third-order valence-electron chi connectivity index (χ3n) is 3.16. The first-order chi connectivity index (χ1) is 9.91. The predicted molar refractivity (Wildman–Crippen MR) is 86.3 cm³/mol. The van der Waals surface area contributed by atoms with E-state index in [4.69, 9.17) is 12.2 Å². The van der Waals surface area contributed by atoms with E-state index >= 15 is 0 Å². The van der Waals surface area contributed by atoms with E-state index in [1.807, 2.05) is 12.1 Å². The highest BCUT2D eigenvalue weighted by Crippen LogP contribution is 2.30. The average molecular weight is 385 g/mol. The maximum absolute atomic E-state index is 12.7. The van der Waals surface area contributed by atoms with Gasteiger partial charge in [-0.05, 0) is 29.7 Å². The summed E-state index contributed by atoms with van der Waals surface area (Å²) in [6.07, 6.45) is 0. The monoisotopic (exact) mass is 384 g/mol. The molecule has 1 saturated heterocycles. The van der Waals surface area contributed by atoms with Gasteiger partial charge in [-0.15, -0.1) is 0 Å². The van der Waals surface area contributed by atoms with Gasteiger partial charge in [-0.2, -0.15) is 0 Å². The zero-order valence-corrected chi connectivity index (χ0v) is 13.8. The molecule has 0 atom stereocenters. The van der Waals surface area contributed by atoms with Crippen LogP contribution in [0.1, 0.15) is 0 Å². The molecule has 0 spiro atoms. The Kier molecular flexibility index (Phi) is 3.46. The van der Waals surface area contributed by atoms with Crippen molar-refractivity contribution >= 4 is 60.0 Å². The second-order valence-electron chi connectivity index (χ2n) is 4.46. The topological polar surface area (TPSA) is 66.5 Å². The molecule has 1 heterocycles. The maximum atomic E-state index is 12.7. The minimum atomic E-state index is -3.88. The normalized spacial score (nSPS) is 15.6. The summed E-state index contributed by atoms with van der Waals surface area (Å²) in [5.74, 6) is -0.426. The van der Waals surface area contributed by atoms with E-state index in [1.165, 1.54) is 6.07 Å². The van der Waals surface area contributed by atoms with Crippen molar-refractivity contribution in [1.82, 2.24) is 9.62 Å². The first kappa shape index (κ1) is 14.4. The lowest BCUT2D eigenvalue weighted by atomic mass is 10.1. The molecule has 8 heteroatoms. The summed E-state index contributed by atoms with van der Waals surface area (Å²) in [7, 11) is -3.88. The molecule has 1 N–H and O–H groups in total. The fraction of sp³-hybridized carbons (Fsp3) is 0.0769. The molecule has 2 aromatic carbocycles. The number of sulfonamides is 1. The van der Waals surface area contributed by atoms with Crippen molar-refractivity contribution < 1.29 is 13.2 Å². The largest absolute Gasteiger partial charge is 0.301 e. The summed E-state index contributed by atoms with van der Waals surface area (Å²) < 4.78 is 27.2. The second kappa shape index (κ2) is 5.04. The van der Waals surface area contributed by atoms with Crippen molar-refractivity contribution in [2.24, 2.45) is 0 Å². The van der Waals surface area contributed by atoms with E-state index in [9.17, 15) is 13.2 Å². The van der Waals surface area contributed by atoms with Gasteiger partial charge in [0.2, 0.25) is 5.91 Å². The van der Waals surface area contributed by atoms with Gasteiger partial charge in [-0.3, -0.25) is 4.79 Å². The zero-order valence-electron chi connectivity index (χ0n) is 10.5. The molecule has 1 aliphatic rings. The van der Waals surface area contributed by atoms with E-state index < -0.39 is 15.9 Å². The standard InChI is InChI=1S/C13H9BrN2O3S2/c14-10-5-1-4-9-8(10)3-2-6-11(9)21(18,19)16-7-12(17)15-13(16)20/h1-6H,7H2,(H,15,17,20). The van der Waals surface area contributed by atoms with Gasteiger partial charge in [-0.25, -0.2) is 12.7 Å². The predicted octanol–water partition coefficient (Wildman–Crippen LogP) is 2.01. The molecule has 3 rings (SSSR count). The summed E-state index contributed by atoms with van der Waals surface area (Å²) in [4.78, 5) is 11.5. The van der Waals surface area contributed by atoms with Crippen molar-refractivity contribution in [3.8, 4) is 0 Å². The number of hydrogen-bond donors (Lipinski definition) is 1. The molecule has 0 aromatic heterocycles. The summed E-state index contributed by atoms with van der Waals surface area (Å²) in [6.45, 7) is -0.286. The van der Waals surface area contributed by atoms with Gasteiger partial charge in [0.15, 0.2) is 5.11 Å². The molecule has 0 aliphatic carbocycles. The van der Waals surface area contributed by atoms with E-state index in [0.29, 0.717) is 5.39 Å². The van der Waals surface area contributed by atoms with Crippen LogP contribution in [0.5, 0.6) is 0 Å². The lowest BCUT2D eigenvalue weighted by molar-refractivity contribution is -0.118. The SMILES string of the molecule is O=C1CN(S(=O)(=O)c2cccc3c(Br)cccc23)C(=S)N1. The van der Waals surface area contributed by atoms with Gasteiger partial charge in [0.05, 0.1) is 4.90 Å². The third-order valence-corrected chi connectivity index (χ3v) is 6.09. The number of halogens is 1. The number of thiocarbonyl (C=S) groups is 1. The van der Waals surface area contributed by atoms with Crippen molar-refractivity contribution in [3.63, 3.8) is 0 Å². The highest BCUT2D eigenvalue weighted by Gasteiger charge is 2.35. The average Bonchev–Trinajstić information content (AvgIpc) is 2.78. The molecule has 21 heavy (non-hydrogen) atoms. The van der Waals surface area contributed by atoms with Gasteiger partial charge >= 0.3 is 0 Å². The summed E-state index contributed by atoms with van der Waals surface area (Å²) in [5.41, 5.74) is 0. The van der Waals surface area contributed by atoms with E-state index in [1.54, 1.807) is 18.2 Å². The Balaban J connectivity index is 2.23. The number of nitrogens with one attached hydrogen (secondary N) is 1. The summed E-state index contributed by atoms with van der Waals surface area (Å²) in [6, 6.07) is 10.3. The van der Waals surface area contributed by atoms with E-state index in [-0.39, 0.29) is 16.6 Å². The van der Waals surface area contributed by atoms with Crippen LogP contribution in [0.2, 0.25) is 0 Å². The van der Waals surface area contributed by atoms with Gasteiger partial charge in [0.1, 0.15) is 6.54 Å². The van der Waals surface area contributed by atoms with Gasteiger partial charge in [0.25, 0.3) is 10.0 Å². The smallest absolute Gasteiger partial charge is 0.267 e. The molecular weight excluding hydrogens is 376 g/mol. The van der Waals surface area contributed by atoms with E-state index in [2.05, 4.69) is 21.2 Å². The summed E-state index contributed by atoms with van der Waals surface area (Å²) >= 11 is 8.32. The number of rotatable bonds is 2. The fourth-order valence-corrected chi connectivity index (χ4v) is 4.67. The van der Waals surface area contributed by atoms with Crippen LogP contribution in [0.15, 0.2) is 45.8 Å². The number of nitrogens with zero attached hydrogens (tertiary/aromatic N) is 1. The van der Waals surface area contributed by atoms with Gasteiger partial charge in [0, 0.05) is 9.86 Å². The molecule has 108 valence electrons. The Bertz CT molecular complexity index is 880. The highest BCUT2D eigenvalue weighted by atomic mass is 79.9. The van der Waals surface area contributed by atoms with Crippen molar-refractivity contribution in [3.05, 3.63) is 40.9 Å². The van der Waals surface area contributed by atoms with Gasteiger partial charge < -0.3 is 5.32 Å². The molecule has 0 unspecified atom stereocenters. The molecule has 1 fully saturated rings. The number of hydrogen-bond acceptors (Lipinski definition) is 4. The fourth-order valence-electron chi connectivity index (χ4n) is 2.20. The quantitative estimate of drug-likeness (QED) is 0.804. The van der Waals surface area contributed by atoms with Crippen molar-refractivity contribution in [2.75, 3.05) is 6.54 Å². The molecule has 1 aliphatic heterocycles. The van der Waals surface area contributed by atoms with Crippen LogP contribution in [0.25, 0.3) is 10.8 Å². The Morgan fingerprint density at radius 2 is 1.81 bits per heavy atom. The van der Waals surface area contributed by atoms with Gasteiger partial charge in [-0.1, -0.05) is 40.2 Å². The minimum absolute atomic E-state index is 0.0907. The van der Waals surface area contributed by atoms with Crippen LogP contribution in [0, 0.1) is 0 Å². The lowest BCUT2D eigenvalue weighted by Crippen LogP contribution is -2.34. The van der Waals surface area contributed by atoms with Crippen LogP contribution in [0.4, 0.5) is 0 Å². The molecule has 1 amide bonds. The molecule has 0 bridgehead atoms. The second-order valence-corrected chi connectivity index (χ2v) is 7.53. The number of benzene rings is 2. The van der Waals surface area contributed by atoms with Crippen LogP contribution >= 0.6 is 28.1 Å². The molecular formula is C13H9BrN2O3S2.